The molecule has 0 saturated heterocycles. The predicted molar refractivity (Wildman–Crippen MR) is 77.3 cm³/mol. The highest BCUT2D eigenvalue weighted by Crippen LogP contribution is 2.21. The number of imidazole rings is 1. The number of nitrogens with zero attached hydrogens (tertiary/aromatic N) is 3. The standard InChI is InChI=1S/C13H10ClN3O2S/c1-19-13(18)11-3-2-9(20-11)6-17-7-16-10-4-8(14)5-15-12(10)17/h2-5,7H,6H2,1H3. The molecule has 102 valence electrons. The summed E-state index contributed by atoms with van der Waals surface area (Å²) in [6, 6.07) is 5.43. The highest BCUT2D eigenvalue weighted by Gasteiger charge is 2.11. The van der Waals surface area contributed by atoms with Crippen LogP contribution in [-0.4, -0.2) is 27.6 Å². The lowest BCUT2D eigenvalue weighted by Gasteiger charge is -2.01. The zero-order valence-corrected chi connectivity index (χ0v) is 12.1. The van der Waals surface area contributed by atoms with E-state index in [1.165, 1.54) is 18.4 Å². The molecule has 0 radical (unpaired) electrons. The van der Waals surface area contributed by atoms with Crippen molar-refractivity contribution < 1.29 is 9.53 Å². The second kappa shape index (κ2) is 5.22. The maximum absolute atomic E-state index is 11.4. The number of thiophene rings is 1. The summed E-state index contributed by atoms with van der Waals surface area (Å²) in [6.07, 6.45) is 3.31. The smallest absolute Gasteiger partial charge is 0.348 e. The average molecular weight is 308 g/mol. The largest absolute Gasteiger partial charge is 0.465 e. The number of methoxy groups -OCH3 is 1. The van der Waals surface area contributed by atoms with Crippen molar-refractivity contribution in [2.45, 2.75) is 6.54 Å². The summed E-state index contributed by atoms with van der Waals surface area (Å²) in [5.41, 5.74) is 1.52. The second-order valence-electron chi connectivity index (χ2n) is 4.13. The van der Waals surface area contributed by atoms with Crippen molar-refractivity contribution in [2.24, 2.45) is 0 Å². The number of rotatable bonds is 3. The molecule has 3 aromatic heterocycles. The summed E-state index contributed by atoms with van der Waals surface area (Å²) in [6.45, 7) is 0.604. The molecule has 0 amide bonds. The van der Waals surface area contributed by atoms with Gasteiger partial charge in [-0.25, -0.2) is 14.8 Å². The minimum Gasteiger partial charge on any atom is -0.465 e. The quantitative estimate of drug-likeness (QED) is 0.698. The molecule has 0 fully saturated rings. The fourth-order valence-corrected chi connectivity index (χ4v) is 2.96. The molecule has 0 unspecified atom stereocenters. The summed E-state index contributed by atoms with van der Waals surface area (Å²) < 4.78 is 6.61. The van der Waals surface area contributed by atoms with Crippen molar-refractivity contribution >= 4 is 40.1 Å². The first-order valence-electron chi connectivity index (χ1n) is 5.81. The Bertz CT molecular complexity index is 781. The van der Waals surface area contributed by atoms with Gasteiger partial charge in [0.05, 0.1) is 25.0 Å². The van der Waals surface area contributed by atoms with Crippen LogP contribution in [0.5, 0.6) is 0 Å². The third-order valence-corrected chi connectivity index (χ3v) is 4.05. The molecule has 5 nitrogen and oxygen atoms in total. The maximum atomic E-state index is 11.4. The van der Waals surface area contributed by atoms with Gasteiger partial charge in [0.15, 0.2) is 5.65 Å². The molecule has 20 heavy (non-hydrogen) atoms. The Hall–Kier alpha value is -1.92. The normalized spacial score (nSPS) is 10.9. The molecule has 0 N–H and O–H groups in total. The molecule has 0 spiro atoms. The number of ether oxygens (including phenoxy) is 1. The Morgan fingerprint density at radius 1 is 1.45 bits per heavy atom. The Morgan fingerprint density at radius 3 is 3.10 bits per heavy atom. The molecule has 0 aliphatic heterocycles. The summed E-state index contributed by atoms with van der Waals surface area (Å²) in [7, 11) is 1.37. The number of carbonyl (C=O) groups is 1. The van der Waals surface area contributed by atoms with E-state index >= 15 is 0 Å². The summed E-state index contributed by atoms with van der Waals surface area (Å²) in [5, 5.41) is 0.562. The monoisotopic (exact) mass is 307 g/mol. The van der Waals surface area contributed by atoms with Crippen LogP contribution in [0.4, 0.5) is 0 Å². The first-order chi connectivity index (χ1) is 9.67. The van der Waals surface area contributed by atoms with E-state index in [1.54, 1.807) is 24.7 Å². The van der Waals surface area contributed by atoms with Crippen LogP contribution in [0.3, 0.4) is 0 Å². The van der Waals surface area contributed by atoms with Gasteiger partial charge in [0, 0.05) is 11.1 Å². The molecule has 0 bridgehead atoms. The highest BCUT2D eigenvalue weighted by molar-refractivity contribution is 7.13. The Kier molecular flexibility index (Phi) is 3.42. The van der Waals surface area contributed by atoms with E-state index in [2.05, 4.69) is 9.97 Å². The topological polar surface area (TPSA) is 57.0 Å². The fraction of sp³-hybridized carbons (Fsp3) is 0.154. The van der Waals surface area contributed by atoms with Crippen molar-refractivity contribution in [2.75, 3.05) is 7.11 Å². The van der Waals surface area contributed by atoms with E-state index in [0.29, 0.717) is 16.4 Å². The van der Waals surface area contributed by atoms with E-state index in [0.717, 1.165) is 16.0 Å². The molecular formula is C13H10ClN3O2S. The second-order valence-corrected chi connectivity index (χ2v) is 5.73. The van der Waals surface area contributed by atoms with Crippen LogP contribution in [0.1, 0.15) is 14.5 Å². The highest BCUT2D eigenvalue weighted by atomic mass is 35.5. The number of hydrogen-bond acceptors (Lipinski definition) is 5. The Balaban J connectivity index is 1.89. The SMILES string of the molecule is COC(=O)c1ccc(Cn2cnc3cc(Cl)cnc32)s1. The molecule has 0 saturated carbocycles. The molecule has 3 rings (SSSR count). The summed E-state index contributed by atoms with van der Waals surface area (Å²) >= 11 is 7.28. The molecule has 3 aromatic rings. The zero-order valence-electron chi connectivity index (χ0n) is 10.5. The minimum absolute atomic E-state index is 0.318. The molecule has 0 aliphatic carbocycles. The van der Waals surface area contributed by atoms with Crippen molar-refractivity contribution in [3.05, 3.63) is 45.5 Å². The number of hydrogen-bond donors (Lipinski definition) is 0. The maximum Gasteiger partial charge on any atom is 0.348 e. The lowest BCUT2D eigenvalue weighted by Crippen LogP contribution is -1.98. The molecule has 0 aromatic carbocycles. The van der Waals surface area contributed by atoms with Crippen LogP contribution in [0.2, 0.25) is 5.02 Å². The fourth-order valence-electron chi connectivity index (χ4n) is 1.88. The van der Waals surface area contributed by atoms with Gasteiger partial charge in [-0.15, -0.1) is 11.3 Å². The third-order valence-electron chi connectivity index (χ3n) is 2.80. The molecule has 7 heteroatoms. The van der Waals surface area contributed by atoms with Crippen molar-refractivity contribution in [3.63, 3.8) is 0 Å². The van der Waals surface area contributed by atoms with Gasteiger partial charge in [-0.1, -0.05) is 11.6 Å². The van der Waals surface area contributed by atoms with E-state index in [1.807, 2.05) is 10.6 Å². The van der Waals surface area contributed by atoms with Gasteiger partial charge >= 0.3 is 5.97 Å². The zero-order chi connectivity index (χ0) is 14.1. The summed E-state index contributed by atoms with van der Waals surface area (Å²) in [4.78, 5) is 21.6. The van der Waals surface area contributed by atoms with Crippen molar-refractivity contribution in [3.8, 4) is 0 Å². The van der Waals surface area contributed by atoms with E-state index in [4.69, 9.17) is 16.3 Å². The van der Waals surface area contributed by atoms with Gasteiger partial charge in [0.2, 0.25) is 0 Å². The lowest BCUT2D eigenvalue weighted by molar-refractivity contribution is 0.0606. The van der Waals surface area contributed by atoms with Crippen LogP contribution in [0, 0.1) is 0 Å². The Morgan fingerprint density at radius 2 is 2.30 bits per heavy atom. The summed E-state index contributed by atoms with van der Waals surface area (Å²) in [5.74, 6) is -0.318. The van der Waals surface area contributed by atoms with E-state index in [9.17, 15) is 4.79 Å². The molecular weight excluding hydrogens is 298 g/mol. The van der Waals surface area contributed by atoms with Crippen molar-refractivity contribution in [1.82, 2.24) is 14.5 Å². The van der Waals surface area contributed by atoms with Gasteiger partial charge in [0.25, 0.3) is 0 Å². The number of pyridine rings is 1. The first kappa shape index (κ1) is 13.1. The lowest BCUT2D eigenvalue weighted by atomic mass is 10.4. The first-order valence-corrected chi connectivity index (χ1v) is 7.00. The molecule has 0 atom stereocenters. The van der Waals surface area contributed by atoms with Gasteiger partial charge < -0.3 is 9.30 Å². The Labute approximate surface area is 123 Å². The number of esters is 1. The number of fused-ring (bicyclic) bond motifs is 1. The van der Waals surface area contributed by atoms with Crippen LogP contribution >= 0.6 is 22.9 Å². The van der Waals surface area contributed by atoms with Gasteiger partial charge in [-0.3, -0.25) is 0 Å². The van der Waals surface area contributed by atoms with Gasteiger partial charge in [0.1, 0.15) is 10.4 Å². The number of aromatic nitrogens is 3. The molecule has 0 aliphatic rings. The van der Waals surface area contributed by atoms with Crippen LogP contribution < -0.4 is 0 Å². The number of halogens is 1. The predicted octanol–water partition coefficient (Wildman–Crippen LogP) is 2.98. The van der Waals surface area contributed by atoms with E-state index < -0.39 is 0 Å². The van der Waals surface area contributed by atoms with Gasteiger partial charge in [-0.05, 0) is 18.2 Å². The van der Waals surface area contributed by atoms with Crippen molar-refractivity contribution in [1.29, 1.82) is 0 Å². The van der Waals surface area contributed by atoms with Crippen LogP contribution in [0.25, 0.3) is 11.2 Å². The van der Waals surface area contributed by atoms with Crippen LogP contribution in [-0.2, 0) is 11.3 Å². The van der Waals surface area contributed by atoms with Gasteiger partial charge in [-0.2, -0.15) is 0 Å². The number of carbonyl (C=O) groups excluding carboxylic acids is 1. The van der Waals surface area contributed by atoms with Crippen LogP contribution in [0.15, 0.2) is 30.7 Å². The van der Waals surface area contributed by atoms with E-state index in [-0.39, 0.29) is 5.97 Å². The average Bonchev–Trinajstić information content (AvgIpc) is 3.06. The minimum atomic E-state index is -0.318. The molecule has 3 heterocycles. The third kappa shape index (κ3) is 2.39.